The zero-order valence-corrected chi connectivity index (χ0v) is 12.9. The van der Waals surface area contributed by atoms with Crippen molar-refractivity contribution < 1.29 is 0 Å². The second-order valence-electron chi connectivity index (χ2n) is 5.17. The van der Waals surface area contributed by atoms with Crippen LogP contribution in [0.1, 0.15) is 30.7 Å². The van der Waals surface area contributed by atoms with E-state index >= 15 is 0 Å². The van der Waals surface area contributed by atoms with Crippen molar-refractivity contribution in [3.8, 4) is 0 Å². The van der Waals surface area contributed by atoms with Crippen molar-refractivity contribution in [3.63, 3.8) is 0 Å². The molecule has 0 amide bonds. The van der Waals surface area contributed by atoms with Gasteiger partial charge in [0.15, 0.2) is 0 Å². The second kappa shape index (κ2) is 7.89. The van der Waals surface area contributed by atoms with Crippen LogP contribution in [0.3, 0.4) is 0 Å². The maximum atomic E-state index is 6.30. The van der Waals surface area contributed by atoms with E-state index in [1.807, 2.05) is 11.3 Å². The number of nitrogens with two attached hydrogens (primary N) is 1. The lowest BCUT2D eigenvalue weighted by molar-refractivity contribution is 0.203. The minimum atomic E-state index is 0.216. The molecule has 0 aliphatic heterocycles. The van der Waals surface area contributed by atoms with E-state index in [9.17, 15) is 0 Å². The van der Waals surface area contributed by atoms with E-state index in [1.165, 1.54) is 11.3 Å². The third kappa shape index (κ3) is 4.69. The Labute approximate surface area is 116 Å². The van der Waals surface area contributed by atoms with E-state index in [-0.39, 0.29) is 6.04 Å². The maximum Gasteiger partial charge on any atom is 0.0590 e. The minimum absolute atomic E-state index is 0.216. The normalized spacial score (nSPS) is 15.3. The molecule has 2 atom stereocenters. The van der Waals surface area contributed by atoms with Crippen LogP contribution in [-0.4, -0.2) is 50.1 Å². The molecule has 1 aromatic heterocycles. The Balaban J connectivity index is 2.60. The highest BCUT2D eigenvalue weighted by molar-refractivity contribution is 7.10. The van der Waals surface area contributed by atoms with Gasteiger partial charge in [0.25, 0.3) is 0 Å². The van der Waals surface area contributed by atoms with Crippen molar-refractivity contribution >= 4 is 11.3 Å². The standard InChI is InChI=1S/C14H27N3S/c1-5-12(15)14(13-8-6-11-18-13)17(4)10-7-9-16(2)3/h6,8,11-12,14H,5,7,9-10,15H2,1-4H3. The first-order chi connectivity index (χ1) is 8.56. The first kappa shape index (κ1) is 15.6. The highest BCUT2D eigenvalue weighted by Crippen LogP contribution is 2.27. The second-order valence-corrected chi connectivity index (χ2v) is 6.15. The fourth-order valence-corrected chi connectivity index (χ4v) is 3.18. The van der Waals surface area contributed by atoms with E-state index in [0.717, 1.165) is 19.5 Å². The molecular weight excluding hydrogens is 242 g/mol. The molecule has 0 radical (unpaired) electrons. The topological polar surface area (TPSA) is 32.5 Å². The van der Waals surface area contributed by atoms with Crippen LogP contribution < -0.4 is 5.73 Å². The number of nitrogens with zero attached hydrogens (tertiary/aromatic N) is 2. The number of hydrogen-bond acceptors (Lipinski definition) is 4. The molecule has 18 heavy (non-hydrogen) atoms. The predicted molar refractivity (Wildman–Crippen MR) is 81.1 cm³/mol. The fourth-order valence-electron chi connectivity index (χ4n) is 2.21. The summed E-state index contributed by atoms with van der Waals surface area (Å²) in [5.74, 6) is 0. The van der Waals surface area contributed by atoms with E-state index in [1.54, 1.807) is 0 Å². The number of rotatable bonds is 8. The summed E-state index contributed by atoms with van der Waals surface area (Å²) in [6.07, 6.45) is 2.20. The molecule has 1 rings (SSSR count). The van der Waals surface area contributed by atoms with Crippen LogP contribution in [0.25, 0.3) is 0 Å². The maximum absolute atomic E-state index is 6.30. The largest absolute Gasteiger partial charge is 0.326 e. The summed E-state index contributed by atoms with van der Waals surface area (Å²) in [5.41, 5.74) is 6.30. The predicted octanol–water partition coefficient (Wildman–Crippen LogP) is 2.41. The smallest absolute Gasteiger partial charge is 0.0590 e. The Kier molecular flexibility index (Phi) is 6.86. The summed E-state index contributed by atoms with van der Waals surface area (Å²) in [4.78, 5) is 6.02. The third-order valence-corrected chi connectivity index (χ3v) is 4.25. The SMILES string of the molecule is CCC(N)C(c1cccs1)N(C)CCCN(C)C. The van der Waals surface area contributed by atoms with Crippen LogP contribution in [-0.2, 0) is 0 Å². The summed E-state index contributed by atoms with van der Waals surface area (Å²) < 4.78 is 0. The fraction of sp³-hybridized carbons (Fsp3) is 0.714. The van der Waals surface area contributed by atoms with Crippen LogP contribution >= 0.6 is 11.3 Å². The summed E-state index contributed by atoms with van der Waals surface area (Å²) in [5, 5.41) is 2.14. The van der Waals surface area contributed by atoms with Crippen LogP contribution in [0.4, 0.5) is 0 Å². The molecule has 0 aromatic carbocycles. The number of hydrogen-bond donors (Lipinski definition) is 1. The molecular formula is C14H27N3S. The number of likely N-dealkylation sites (N-methyl/N-ethyl adjacent to an activating group) is 1. The molecule has 0 saturated heterocycles. The summed E-state index contributed by atoms with van der Waals surface area (Å²) >= 11 is 1.81. The van der Waals surface area contributed by atoms with Gasteiger partial charge in [0.2, 0.25) is 0 Å². The first-order valence-electron chi connectivity index (χ1n) is 6.70. The molecule has 0 aliphatic rings. The molecule has 0 spiro atoms. The van der Waals surface area contributed by atoms with Crippen molar-refractivity contribution in [2.45, 2.75) is 31.8 Å². The van der Waals surface area contributed by atoms with Crippen LogP contribution in [0.15, 0.2) is 17.5 Å². The zero-order valence-electron chi connectivity index (χ0n) is 12.1. The van der Waals surface area contributed by atoms with Gasteiger partial charge in [-0.25, -0.2) is 0 Å². The molecule has 2 unspecified atom stereocenters. The third-order valence-electron chi connectivity index (χ3n) is 3.30. The van der Waals surface area contributed by atoms with E-state index in [0.29, 0.717) is 6.04 Å². The Hall–Kier alpha value is -0.420. The summed E-state index contributed by atoms with van der Waals surface area (Å²) in [6.45, 7) is 4.39. The van der Waals surface area contributed by atoms with Gasteiger partial charge in [0, 0.05) is 10.9 Å². The average Bonchev–Trinajstić information content (AvgIpc) is 2.82. The molecule has 3 nitrogen and oxygen atoms in total. The molecule has 0 bridgehead atoms. The molecule has 104 valence electrons. The van der Waals surface area contributed by atoms with Gasteiger partial charge in [-0.1, -0.05) is 13.0 Å². The van der Waals surface area contributed by atoms with Gasteiger partial charge in [-0.15, -0.1) is 11.3 Å². The van der Waals surface area contributed by atoms with E-state index < -0.39 is 0 Å². The molecule has 1 aromatic rings. The van der Waals surface area contributed by atoms with Crippen molar-refractivity contribution in [2.24, 2.45) is 5.73 Å². The molecule has 0 saturated carbocycles. The quantitative estimate of drug-likeness (QED) is 0.786. The molecule has 2 N–H and O–H groups in total. The Morgan fingerprint density at radius 2 is 2.00 bits per heavy atom. The monoisotopic (exact) mass is 269 g/mol. The lowest BCUT2D eigenvalue weighted by Gasteiger charge is -2.32. The molecule has 0 aliphatic carbocycles. The Bertz CT molecular complexity index is 311. The van der Waals surface area contributed by atoms with Gasteiger partial charge in [-0.3, -0.25) is 4.90 Å². The van der Waals surface area contributed by atoms with Gasteiger partial charge < -0.3 is 10.6 Å². The average molecular weight is 269 g/mol. The number of thiophene rings is 1. The lowest BCUT2D eigenvalue weighted by Crippen LogP contribution is -2.39. The van der Waals surface area contributed by atoms with Crippen molar-refractivity contribution in [2.75, 3.05) is 34.2 Å². The van der Waals surface area contributed by atoms with Gasteiger partial charge >= 0.3 is 0 Å². The molecule has 4 heteroatoms. The first-order valence-corrected chi connectivity index (χ1v) is 7.58. The van der Waals surface area contributed by atoms with Gasteiger partial charge in [0.05, 0.1) is 6.04 Å². The highest BCUT2D eigenvalue weighted by Gasteiger charge is 2.23. The van der Waals surface area contributed by atoms with Crippen LogP contribution in [0.2, 0.25) is 0 Å². The van der Waals surface area contributed by atoms with Crippen LogP contribution in [0.5, 0.6) is 0 Å². The summed E-state index contributed by atoms with van der Waals surface area (Å²) in [6, 6.07) is 4.89. The highest BCUT2D eigenvalue weighted by atomic mass is 32.1. The lowest BCUT2D eigenvalue weighted by atomic mass is 10.0. The van der Waals surface area contributed by atoms with Crippen molar-refractivity contribution in [3.05, 3.63) is 22.4 Å². The Morgan fingerprint density at radius 3 is 2.50 bits per heavy atom. The van der Waals surface area contributed by atoms with E-state index in [2.05, 4.69) is 55.4 Å². The van der Waals surface area contributed by atoms with E-state index in [4.69, 9.17) is 5.73 Å². The van der Waals surface area contributed by atoms with Gasteiger partial charge in [-0.2, -0.15) is 0 Å². The minimum Gasteiger partial charge on any atom is -0.326 e. The van der Waals surface area contributed by atoms with Gasteiger partial charge in [-0.05, 0) is 58.5 Å². The summed E-state index contributed by atoms with van der Waals surface area (Å²) in [7, 11) is 6.43. The van der Waals surface area contributed by atoms with Crippen molar-refractivity contribution in [1.29, 1.82) is 0 Å². The molecule has 0 fully saturated rings. The van der Waals surface area contributed by atoms with Gasteiger partial charge in [0.1, 0.15) is 0 Å². The zero-order chi connectivity index (χ0) is 13.5. The Morgan fingerprint density at radius 1 is 1.28 bits per heavy atom. The van der Waals surface area contributed by atoms with Crippen LogP contribution in [0, 0.1) is 0 Å². The van der Waals surface area contributed by atoms with Crippen molar-refractivity contribution in [1.82, 2.24) is 9.80 Å². The molecule has 1 heterocycles.